The maximum absolute atomic E-state index is 12.7. The number of aromatic nitrogens is 1. The summed E-state index contributed by atoms with van der Waals surface area (Å²) in [5.74, 6) is -0.652. The van der Waals surface area contributed by atoms with E-state index in [4.69, 9.17) is 0 Å². The fourth-order valence-electron chi connectivity index (χ4n) is 1.50. The van der Waals surface area contributed by atoms with Crippen LogP contribution < -0.4 is 5.32 Å². The summed E-state index contributed by atoms with van der Waals surface area (Å²) < 4.78 is 42.1. The van der Waals surface area contributed by atoms with Crippen LogP contribution in [0.4, 0.5) is 18.9 Å². The molecule has 100 valence electrons. The Balaban J connectivity index is 2.27. The number of aryl methyl sites for hydroxylation is 1. The van der Waals surface area contributed by atoms with Gasteiger partial charge in [0.15, 0.2) is 0 Å². The molecule has 0 aliphatic rings. The van der Waals surface area contributed by atoms with Gasteiger partial charge in [0, 0.05) is 4.88 Å². The van der Waals surface area contributed by atoms with Gasteiger partial charge in [0.1, 0.15) is 5.69 Å². The maximum atomic E-state index is 12.7. The SMILES string of the molecule is Cc1cc(C(=O)Nc2ccccc2C(F)(F)F)ns1. The molecule has 3 nitrogen and oxygen atoms in total. The number of carbonyl (C=O) groups is 1. The lowest BCUT2D eigenvalue weighted by Crippen LogP contribution is -2.16. The Morgan fingerprint density at radius 3 is 2.58 bits per heavy atom. The molecule has 0 spiro atoms. The average molecular weight is 286 g/mol. The molecule has 0 fully saturated rings. The number of rotatable bonds is 2. The van der Waals surface area contributed by atoms with Gasteiger partial charge in [-0.2, -0.15) is 17.5 Å². The monoisotopic (exact) mass is 286 g/mol. The Morgan fingerprint density at radius 2 is 2.00 bits per heavy atom. The number of anilines is 1. The molecule has 1 aromatic carbocycles. The number of amides is 1. The van der Waals surface area contributed by atoms with Crippen molar-refractivity contribution in [1.29, 1.82) is 0 Å². The third-order valence-corrected chi connectivity index (χ3v) is 3.04. The normalized spacial score (nSPS) is 11.4. The van der Waals surface area contributed by atoms with Gasteiger partial charge in [-0.25, -0.2) is 0 Å². The minimum atomic E-state index is -4.51. The molecule has 1 aromatic heterocycles. The van der Waals surface area contributed by atoms with E-state index in [1.165, 1.54) is 24.3 Å². The number of carbonyl (C=O) groups excluding carboxylic acids is 1. The van der Waals surface area contributed by atoms with Crippen molar-refractivity contribution in [3.8, 4) is 0 Å². The molecule has 0 atom stereocenters. The largest absolute Gasteiger partial charge is 0.418 e. The first-order valence-electron chi connectivity index (χ1n) is 5.29. The lowest BCUT2D eigenvalue weighted by molar-refractivity contribution is -0.136. The van der Waals surface area contributed by atoms with E-state index in [0.29, 0.717) is 0 Å². The fraction of sp³-hybridized carbons (Fsp3) is 0.167. The summed E-state index contributed by atoms with van der Waals surface area (Å²) in [4.78, 5) is 12.6. The van der Waals surface area contributed by atoms with Crippen LogP contribution in [0.3, 0.4) is 0 Å². The number of alkyl halides is 3. The van der Waals surface area contributed by atoms with Gasteiger partial charge in [-0.15, -0.1) is 0 Å². The molecule has 0 aliphatic carbocycles. The van der Waals surface area contributed by atoms with Gasteiger partial charge < -0.3 is 5.32 Å². The van der Waals surface area contributed by atoms with E-state index in [1.54, 1.807) is 6.92 Å². The lowest BCUT2D eigenvalue weighted by Gasteiger charge is -2.12. The van der Waals surface area contributed by atoms with E-state index in [1.807, 2.05) is 0 Å². The van der Waals surface area contributed by atoms with Crippen LogP contribution in [0.15, 0.2) is 30.3 Å². The van der Waals surface area contributed by atoms with Gasteiger partial charge in [0.25, 0.3) is 5.91 Å². The highest BCUT2D eigenvalue weighted by molar-refractivity contribution is 7.05. The Kier molecular flexibility index (Phi) is 3.57. The molecule has 0 aliphatic heterocycles. The molecule has 0 radical (unpaired) electrons. The molecule has 0 saturated heterocycles. The molecule has 0 saturated carbocycles. The number of hydrogen-bond acceptors (Lipinski definition) is 3. The Bertz CT molecular complexity index is 607. The molecule has 0 unspecified atom stereocenters. The highest BCUT2D eigenvalue weighted by atomic mass is 32.1. The summed E-state index contributed by atoms with van der Waals surface area (Å²) in [6, 6.07) is 6.35. The molecule has 1 amide bonds. The Hall–Kier alpha value is -1.89. The van der Waals surface area contributed by atoms with Crippen LogP contribution in [-0.2, 0) is 6.18 Å². The molecule has 1 heterocycles. The van der Waals surface area contributed by atoms with Crippen LogP contribution in [0.5, 0.6) is 0 Å². The lowest BCUT2D eigenvalue weighted by atomic mass is 10.1. The van der Waals surface area contributed by atoms with Crippen LogP contribution in [-0.4, -0.2) is 10.3 Å². The third-order valence-electron chi connectivity index (χ3n) is 2.34. The van der Waals surface area contributed by atoms with Gasteiger partial charge in [-0.05, 0) is 36.7 Å². The molecule has 19 heavy (non-hydrogen) atoms. The molecule has 2 rings (SSSR count). The van der Waals surface area contributed by atoms with Crippen molar-refractivity contribution in [2.45, 2.75) is 13.1 Å². The third kappa shape index (κ3) is 3.11. The van der Waals surface area contributed by atoms with Crippen molar-refractivity contribution in [2.75, 3.05) is 5.32 Å². The van der Waals surface area contributed by atoms with Gasteiger partial charge in [0.05, 0.1) is 11.3 Å². The van der Waals surface area contributed by atoms with E-state index in [-0.39, 0.29) is 11.4 Å². The van der Waals surface area contributed by atoms with Crippen LogP contribution in [0, 0.1) is 6.92 Å². The number of hydrogen-bond donors (Lipinski definition) is 1. The van der Waals surface area contributed by atoms with Crippen LogP contribution in [0.1, 0.15) is 20.9 Å². The van der Waals surface area contributed by atoms with E-state index < -0.39 is 17.6 Å². The topological polar surface area (TPSA) is 42.0 Å². The van der Waals surface area contributed by atoms with Crippen molar-refractivity contribution < 1.29 is 18.0 Å². The zero-order valence-corrected chi connectivity index (χ0v) is 10.6. The smallest absolute Gasteiger partial charge is 0.320 e. The number of nitrogens with zero attached hydrogens (tertiary/aromatic N) is 1. The molecular formula is C12H9F3N2OS. The van der Waals surface area contributed by atoms with E-state index >= 15 is 0 Å². The molecule has 0 bridgehead atoms. The zero-order valence-electron chi connectivity index (χ0n) is 9.78. The molecule has 7 heteroatoms. The van der Waals surface area contributed by atoms with Crippen LogP contribution >= 0.6 is 11.5 Å². The van der Waals surface area contributed by atoms with Crippen LogP contribution in [0.25, 0.3) is 0 Å². The second-order valence-electron chi connectivity index (χ2n) is 3.82. The first kappa shape index (κ1) is 13.5. The molecule has 2 aromatic rings. The summed E-state index contributed by atoms with van der Waals surface area (Å²) >= 11 is 1.12. The highest BCUT2D eigenvalue weighted by Gasteiger charge is 2.33. The van der Waals surface area contributed by atoms with E-state index in [0.717, 1.165) is 22.5 Å². The van der Waals surface area contributed by atoms with Gasteiger partial charge >= 0.3 is 6.18 Å². The fourth-order valence-corrected chi connectivity index (χ4v) is 2.04. The predicted molar refractivity (Wildman–Crippen MR) is 66.2 cm³/mol. The van der Waals surface area contributed by atoms with Crippen molar-refractivity contribution in [3.63, 3.8) is 0 Å². The first-order chi connectivity index (χ1) is 8.88. The number of para-hydroxylation sites is 1. The second-order valence-corrected chi connectivity index (χ2v) is 4.83. The Morgan fingerprint density at radius 1 is 1.32 bits per heavy atom. The van der Waals surface area contributed by atoms with Crippen LogP contribution in [0.2, 0.25) is 0 Å². The summed E-state index contributed by atoms with van der Waals surface area (Å²) in [6.07, 6.45) is -4.51. The molecular weight excluding hydrogens is 277 g/mol. The van der Waals surface area contributed by atoms with E-state index in [2.05, 4.69) is 9.69 Å². The van der Waals surface area contributed by atoms with Crippen molar-refractivity contribution in [3.05, 3.63) is 46.5 Å². The minimum absolute atomic E-state index is 0.111. The highest BCUT2D eigenvalue weighted by Crippen LogP contribution is 2.34. The maximum Gasteiger partial charge on any atom is 0.418 e. The zero-order chi connectivity index (χ0) is 14.0. The standard InChI is InChI=1S/C12H9F3N2OS/c1-7-6-10(17-19-7)11(18)16-9-5-3-2-4-8(9)12(13,14)15/h2-6H,1H3,(H,16,18). The number of nitrogens with one attached hydrogen (secondary N) is 1. The van der Waals surface area contributed by atoms with Crippen molar-refractivity contribution in [2.24, 2.45) is 0 Å². The van der Waals surface area contributed by atoms with Crippen molar-refractivity contribution in [1.82, 2.24) is 4.37 Å². The first-order valence-corrected chi connectivity index (χ1v) is 6.06. The predicted octanol–water partition coefficient (Wildman–Crippen LogP) is 3.72. The summed E-state index contributed by atoms with van der Waals surface area (Å²) in [5, 5.41) is 2.23. The van der Waals surface area contributed by atoms with E-state index in [9.17, 15) is 18.0 Å². The Labute approximate surface area is 111 Å². The minimum Gasteiger partial charge on any atom is -0.320 e. The average Bonchev–Trinajstić information content (AvgIpc) is 2.75. The quantitative estimate of drug-likeness (QED) is 0.914. The van der Waals surface area contributed by atoms with Gasteiger partial charge in [0.2, 0.25) is 0 Å². The molecule has 1 N–H and O–H groups in total. The number of benzene rings is 1. The number of halogens is 3. The van der Waals surface area contributed by atoms with Gasteiger partial charge in [-0.1, -0.05) is 12.1 Å². The summed E-state index contributed by atoms with van der Waals surface area (Å²) in [6.45, 7) is 1.76. The summed E-state index contributed by atoms with van der Waals surface area (Å²) in [5.41, 5.74) is -1.04. The summed E-state index contributed by atoms with van der Waals surface area (Å²) in [7, 11) is 0. The second kappa shape index (κ2) is 5.00. The van der Waals surface area contributed by atoms with Gasteiger partial charge in [-0.3, -0.25) is 4.79 Å². The van der Waals surface area contributed by atoms with Crippen molar-refractivity contribution >= 4 is 23.1 Å².